The maximum Gasteiger partial charge on any atom is 0.123 e. The van der Waals surface area contributed by atoms with Gasteiger partial charge < -0.3 is 0 Å². The van der Waals surface area contributed by atoms with Crippen molar-refractivity contribution in [3.63, 3.8) is 0 Å². The van der Waals surface area contributed by atoms with E-state index in [2.05, 4.69) is 5.43 Å². The van der Waals surface area contributed by atoms with Crippen LogP contribution in [0.1, 0.15) is 24.0 Å². The quantitative estimate of drug-likeness (QED) is 0.459. The molecule has 0 bridgehead atoms. The highest BCUT2D eigenvalue weighted by Crippen LogP contribution is 2.14. The number of nitrogens with two attached hydrogens (primary N) is 1. The number of rotatable bonds is 6. The van der Waals surface area contributed by atoms with Crippen LogP contribution in [0.15, 0.2) is 18.2 Å². The standard InChI is InChI=1S/C12H18ClFN2/c1-9-4-5-11(14)7-10(9)8-12(16-15)3-2-6-13/h4-5,7,12,16H,2-3,6,8,15H2,1H3. The fourth-order valence-electron chi connectivity index (χ4n) is 1.69. The number of alkyl halides is 1. The summed E-state index contributed by atoms with van der Waals surface area (Å²) >= 11 is 5.63. The molecule has 0 amide bonds. The summed E-state index contributed by atoms with van der Waals surface area (Å²) in [4.78, 5) is 0. The van der Waals surface area contributed by atoms with Gasteiger partial charge in [-0.2, -0.15) is 0 Å². The molecule has 0 radical (unpaired) electrons. The highest BCUT2D eigenvalue weighted by Gasteiger charge is 2.09. The maximum absolute atomic E-state index is 13.1. The minimum atomic E-state index is -0.200. The first-order valence-electron chi connectivity index (χ1n) is 5.44. The van der Waals surface area contributed by atoms with Crippen LogP contribution in [0, 0.1) is 12.7 Å². The van der Waals surface area contributed by atoms with Crippen molar-refractivity contribution in [2.75, 3.05) is 5.88 Å². The van der Waals surface area contributed by atoms with E-state index in [1.807, 2.05) is 6.92 Å². The Morgan fingerprint density at radius 3 is 2.88 bits per heavy atom. The minimum Gasteiger partial charge on any atom is -0.271 e. The summed E-state index contributed by atoms with van der Waals surface area (Å²) in [5.74, 6) is 5.89. The van der Waals surface area contributed by atoms with Crippen LogP contribution in [-0.4, -0.2) is 11.9 Å². The van der Waals surface area contributed by atoms with Gasteiger partial charge >= 0.3 is 0 Å². The Labute approximate surface area is 101 Å². The fraction of sp³-hybridized carbons (Fsp3) is 0.500. The van der Waals surface area contributed by atoms with E-state index >= 15 is 0 Å². The van der Waals surface area contributed by atoms with Gasteiger partial charge in [-0.15, -0.1) is 11.6 Å². The number of hydrazine groups is 1. The molecule has 1 rings (SSSR count). The largest absolute Gasteiger partial charge is 0.271 e. The van der Waals surface area contributed by atoms with Gasteiger partial charge in [0.1, 0.15) is 5.82 Å². The van der Waals surface area contributed by atoms with E-state index in [1.54, 1.807) is 12.1 Å². The molecule has 16 heavy (non-hydrogen) atoms. The van der Waals surface area contributed by atoms with Crippen LogP contribution in [0.2, 0.25) is 0 Å². The molecule has 1 unspecified atom stereocenters. The van der Waals surface area contributed by atoms with Gasteiger partial charge in [-0.25, -0.2) is 4.39 Å². The smallest absolute Gasteiger partial charge is 0.123 e. The van der Waals surface area contributed by atoms with Crippen LogP contribution in [0.5, 0.6) is 0 Å². The summed E-state index contributed by atoms with van der Waals surface area (Å²) in [6, 6.07) is 4.99. The molecule has 4 heteroatoms. The van der Waals surface area contributed by atoms with E-state index in [-0.39, 0.29) is 11.9 Å². The van der Waals surface area contributed by atoms with Crippen LogP contribution in [0.3, 0.4) is 0 Å². The maximum atomic E-state index is 13.1. The molecule has 0 fully saturated rings. The fourth-order valence-corrected chi connectivity index (χ4v) is 1.85. The van der Waals surface area contributed by atoms with Gasteiger partial charge in [-0.3, -0.25) is 11.3 Å². The third kappa shape index (κ3) is 4.08. The van der Waals surface area contributed by atoms with Gasteiger partial charge in [0.05, 0.1) is 0 Å². The zero-order valence-corrected chi connectivity index (χ0v) is 10.2. The molecule has 0 aromatic heterocycles. The number of nitrogens with one attached hydrogen (secondary N) is 1. The molecule has 0 aliphatic carbocycles. The predicted octanol–water partition coefficient (Wildman–Crippen LogP) is 2.53. The Hall–Kier alpha value is -0.640. The van der Waals surface area contributed by atoms with Crippen molar-refractivity contribution in [2.24, 2.45) is 5.84 Å². The molecule has 0 aliphatic heterocycles. The lowest BCUT2D eigenvalue weighted by Gasteiger charge is -2.16. The molecule has 0 saturated carbocycles. The third-order valence-corrected chi connectivity index (χ3v) is 2.97. The Kier molecular flexibility index (Phi) is 5.74. The number of hydrogen-bond donors (Lipinski definition) is 2. The Balaban J connectivity index is 2.65. The molecule has 0 spiro atoms. The summed E-state index contributed by atoms with van der Waals surface area (Å²) in [6.07, 6.45) is 2.54. The lowest BCUT2D eigenvalue weighted by atomic mass is 9.99. The van der Waals surface area contributed by atoms with E-state index in [0.29, 0.717) is 5.88 Å². The van der Waals surface area contributed by atoms with Crippen molar-refractivity contribution in [1.82, 2.24) is 5.43 Å². The SMILES string of the molecule is Cc1ccc(F)cc1CC(CCCCl)NN. The summed E-state index contributed by atoms with van der Waals surface area (Å²) in [7, 11) is 0. The van der Waals surface area contributed by atoms with Crippen molar-refractivity contribution in [1.29, 1.82) is 0 Å². The average molecular weight is 245 g/mol. The lowest BCUT2D eigenvalue weighted by Crippen LogP contribution is -2.37. The lowest BCUT2D eigenvalue weighted by molar-refractivity contribution is 0.485. The first-order valence-corrected chi connectivity index (χ1v) is 5.98. The Bertz CT molecular complexity index is 331. The molecule has 1 aromatic carbocycles. The summed E-state index contributed by atoms with van der Waals surface area (Å²) in [6.45, 7) is 1.98. The van der Waals surface area contributed by atoms with Crippen LogP contribution < -0.4 is 11.3 Å². The zero-order valence-electron chi connectivity index (χ0n) is 9.47. The van der Waals surface area contributed by atoms with Crippen molar-refractivity contribution in [2.45, 2.75) is 32.2 Å². The van der Waals surface area contributed by atoms with Crippen LogP contribution in [0.25, 0.3) is 0 Å². The van der Waals surface area contributed by atoms with Crippen LogP contribution in [-0.2, 0) is 6.42 Å². The molecular weight excluding hydrogens is 227 g/mol. The van der Waals surface area contributed by atoms with E-state index in [4.69, 9.17) is 17.4 Å². The molecule has 3 N–H and O–H groups in total. The second-order valence-electron chi connectivity index (χ2n) is 3.97. The summed E-state index contributed by atoms with van der Waals surface area (Å²) < 4.78 is 13.1. The zero-order chi connectivity index (χ0) is 12.0. The van der Waals surface area contributed by atoms with Gasteiger partial charge in [0.15, 0.2) is 0 Å². The molecular formula is C12H18ClFN2. The van der Waals surface area contributed by atoms with Crippen molar-refractivity contribution in [3.8, 4) is 0 Å². The van der Waals surface area contributed by atoms with Crippen molar-refractivity contribution >= 4 is 11.6 Å². The van der Waals surface area contributed by atoms with Crippen LogP contribution in [0.4, 0.5) is 4.39 Å². The van der Waals surface area contributed by atoms with E-state index in [0.717, 1.165) is 30.4 Å². The first kappa shape index (κ1) is 13.4. The van der Waals surface area contributed by atoms with Crippen molar-refractivity contribution in [3.05, 3.63) is 35.1 Å². The van der Waals surface area contributed by atoms with Crippen molar-refractivity contribution < 1.29 is 4.39 Å². The van der Waals surface area contributed by atoms with E-state index in [1.165, 1.54) is 6.07 Å². The number of hydrogen-bond acceptors (Lipinski definition) is 2. The number of halogens is 2. The molecule has 2 nitrogen and oxygen atoms in total. The summed E-state index contributed by atoms with van der Waals surface area (Å²) in [5, 5.41) is 0. The molecule has 1 aromatic rings. The van der Waals surface area contributed by atoms with Gasteiger partial charge in [0, 0.05) is 11.9 Å². The van der Waals surface area contributed by atoms with Crippen LogP contribution >= 0.6 is 11.6 Å². The van der Waals surface area contributed by atoms with Gasteiger partial charge in [-0.1, -0.05) is 6.07 Å². The predicted molar refractivity (Wildman–Crippen MR) is 65.9 cm³/mol. The normalized spacial score (nSPS) is 12.8. The average Bonchev–Trinajstić information content (AvgIpc) is 2.28. The number of aryl methyl sites for hydroxylation is 1. The Morgan fingerprint density at radius 2 is 2.25 bits per heavy atom. The summed E-state index contributed by atoms with van der Waals surface area (Å²) in [5.41, 5.74) is 4.84. The monoisotopic (exact) mass is 244 g/mol. The second kappa shape index (κ2) is 6.84. The highest BCUT2D eigenvalue weighted by molar-refractivity contribution is 6.17. The van der Waals surface area contributed by atoms with E-state index in [9.17, 15) is 4.39 Å². The van der Waals surface area contributed by atoms with E-state index < -0.39 is 0 Å². The molecule has 90 valence electrons. The first-order chi connectivity index (χ1) is 7.67. The van der Waals surface area contributed by atoms with Gasteiger partial charge in [0.2, 0.25) is 0 Å². The molecule has 1 atom stereocenters. The second-order valence-corrected chi connectivity index (χ2v) is 4.35. The number of benzene rings is 1. The molecule has 0 aliphatic rings. The Morgan fingerprint density at radius 1 is 1.50 bits per heavy atom. The topological polar surface area (TPSA) is 38.0 Å². The van der Waals surface area contributed by atoms with Gasteiger partial charge in [0.25, 0.3) is 0 Å². The molecule has 0 heterocycles. The third-order valence-electron chi connectivity index (χ3n) is 2.70. The highest BCUT2D eigenvalue weighted by atomic mass is 35.5. The van der Waals surface area contributed by atoms with Gasteiger partial charge in [-0.05, 0) is 49.4 Å². The minimum absolute atomic E-state index is 0.152. The molecule has 0 saturated heterocycles.